The lowest BCUT2D eigenvalue weighted by atomic mass is 10.1. The molecule has 0 saturated heterocycles. The molecule has 138 valence electrons. The maximum absolute atomic E-state index is 6.06. The topological polar surface area (TPSA) is 55.1 Å². The fourth-order valence-electron chi connectivity index (χ4n) is 3.58. The first-order valence-electron chi connectivity index (χ1n) is 9.47. The summed E-state index contributed by atoms with van der Waals surface area (Å²) in [5.74, 6) is 2.64. The van der Waals surface area contributed by atoms with E-state index >= 15 is 0 Å². The first-order chi connectivity index (χ1) is 13.8. The van der Waals surface area contributed by atoms with Crippen molar-refractivity contribution in [3.63, 3.8) is 0 Å². The highest BCUT2D eigenvalue weighted by atomic mass is 16.3. The number of fused-ring (bicyclic) bond motifs is 1. The van der Waals surface area contributed by atoms with Crippen molar-refractivity contribution in [3.8, 4) is 22.7 Å². The zero-order valence-electron chi connectivity index (χ0n) is 15.5. The summed E-state index contributed by atoms with van der Waals surface area (Å²) in [6.45, 7) is 2.58. The zero-order chi connectivity index (χ0) is 18.8. The van der Waals surface area contributed by atoms with Crippen LogP contribution in [0.2, 0.25) is 0 Å². The van der Waals surface area contributed by atoms with Crippen LogP contribution in [0.25, 0.3) is 22.7 Å². The maximum atomic E-state index is 6.06. The van der Waals surface area contributed by atoms with Crippen molar-refractivity contribution in [3.05, 3.63) is 90.2 Å². The van der Waals surface area contributed by atoms with Crippen LogP contribution in [-0.4, -0.2) is 26.4 Å². The first-order valence-corrected chi connectivity index (χ1v) is 9.47. The molecule has 1 aliphatic rings. The summed E-state index contributed by atoms with van der Waals surface area (Å²) >= 11 is 0. The number of benzene rings is 1. The molecule has 0 unspecified atom stereocenters. The predicted octanol–water partition coefficient (Wildman–Crippen LogP) is 4.36. The Balaban J connectivity index is 1.30. The Morgan fingerprint density at radius 3 is 2.68 bits per heavy atom. The Morgan fingerprint density at radius 1 is 0.929 bits per heavy atom. The van der Waals surface area contributed by atoms with E-state index in [0.717, 1.165) is 60.2 Å². The number of furan rings is 1. The molecule has 0 fully saturated rings. The summed E-state index contributed by atoms with van der Waals surface area (Å²) in [6.07, 6.45) is 6.43. The number of pyridine rings is 1. The van der Waals surface area contributed by atoms with Crippen LogP contribution >= 0.6 is 0 Å². The molecule has 0 amide bonds. The van der Waals surface area contributed by atoms with Gasteiger partial charge in [0.15, 0.2) is 5.82 Å². The second-order valence-electron chi connectivity index (χ2n) is 7.00. The second-order valence-corrected chi connectivity index (χ2v) is 7.00. The van der Waals surface area contributed by atoms with E-state index in [1.165, 1.54) is 5.56 Å². The van der Waals surface area contributed by atoms with Gasteiger partial charge in [0.1, 0.15) is 11.5 Å². The number of rotatable bonds is 4. The second kappa shape index (κ2) is 7.37. The van der Waals surface area contributed by atoms with Crippen LogP contribution in [0.5, 0.6) is 0 Å². The molecule has 5 nitrogen and oxygen atoms in total. The highest BCUT2D eigenvalue weighted by molar-refractivity contribution is 5.57. The van der Waals surface area contributed by atoms with Gasteiger partial charge in [-0.3, -0.25) is 9.88 Å². The fourth-order valence-corrected chi connectivity index (χ4v) is 3.58. The summed E-state index contributed by atoms with van der Waals surface area (Å²) in [5, 5.41) is 0. The van der Waals surface area contributed by atoms with Crippen LogP contribution in [0.15, 0.2) is 77.6 Å². The van der Waals surface area contributed by atoms with Crippen LogP contribution in [0.1, 0.15) is 17.0 Å². The van der Waals surface area contributed by atoms with Gasteiger partial charge in [-0.15, -0.1) is 0 Å². The van der Waals surface area contributed by atoms with E-state index in [2.05, 4.69) is 33.1 Å². The molecule has 1 aromatic carbocycles. The molecule has 0 saturated carbocycles. The van der Waals surface area contributed by atoms with Crippen molar-refractivity contribution < 1.29 is 4.42 Å². The molecular formula is C23H20N4O. The molecule has 0 N–H and O–H groups in total. The quantitative estimate of drug-likeness (QED) is 0.536. The number of nitrogens with zero attached hydrogens (tertiary/aromatic N) is 4. The number of aromatic nitrogens is 3. The molecule has 0 spiro atoms. The Bertz CT molecular complexity index is 1080. The van der Waals surface area contributed by atoms with E-state index < -0.39 is 0 Å². The third-order valence-electron chi connectivity index (χ3n) is 5.03. The van der Waals surface area contributed by atoms with E-state index in [4.69, 9.17) is 9.40 Å². The Hall–Kier alpha value is -3.31. The highest BCUT2D eigenvalue weighted by Gasteiger charge is 2.20. The molecule has 3 aromatic heterocycles. The number of hydrogen-bond acceptors (Lipinski definition) is 5. The molecule has 4 heterocycles. The van der Waals surface area contributed by atoms with Crippen molar-refractivity contribution in [1.29, 1.82) is 0 Å². The minimum atomic E-state index is 0.749. The minimum absolute atomic E-state index is 0.749. The molecule has 5 rings (SSSR count). The van der Waals surface area contributed by atoms with Crippen LogP contribution in [0.4, 0.5) is 0 Å². The summed E-state index contributed by atoms with van der Waals surface area (Å²) < 4.78 is 6.06. The van der Waals surface area contributed by atoms with Gasteiger partial charge in [-0.05, 0) is 24.3 Å². The number of hydrogen-bond donors (Lipinski definition) is 0. The Labute approximate surface area is 163 Å². The van der Waals surface area contributed by atoms with E-state index in [9.17, 15) is 0 Å². The molecule has 4 aromatic rings. The Morgan fingerprint density at radius 2 is 1.82 bits per heavy atom. The molecule has 0 atom stereocenters. The van der Waals surface area contributed by atoms with Crippen LogP contribution in [0, 0.1) is 0 Å². The summed E-state index contributed by atoms with van der Waals surface area (Å²) in [4.78, 5) is 15.8. The zero-order valence-corrected chi connectivity index (χ0v) is 15.5. The lowest BCUT2D eigenvalue weighted by molar-refractivity contribution is 0.224. The van der Waals surface area contributed by atoms with Crippen molar-refractivity contribution in [2.75, 3.05) is 6.54 Å². The molecule has 0 bridgehead atoms. The van der Waals surface area contributed by atoms with Crippen LogP contribution in [0.3, 0.4) is 0 Å². The van der Waals surface area contributed by atoms with Gasteiger partial charge in [-0.1, -0.05) is 30.3 Å². The van der Waals surface area contributed by atoms with E-state index in [1.54, 1.807) is 12.4 Å². The molecule has 1 aliphatic heterocycles. The van der Waals surface area contributed by atoms with Crippen molar-refractivity contribution in [2.45, 2.75) is 19.5 Å². The van der Waals surface area contributed by atoms with E-state index in [0.29, 0.717) is 0 Å². The van der Waals surface area contributed by atoms with Crippen molar-refractivity contribution in [1.82, 2.24) is 19.9 Å². The van der Waals surface area contributed by atoms with Gasteiger partial charge < -0.3 is 4.42 Å². The molecule has 0 aliphatic carbocycles. The van der Waals surface area contributed by atoms with Gasteiger partial charge in [0, 0.05) is 54.8 Å². The van der Waals surface area contributed by atoms with Gasteiger partial charge in [0.25, 0.3) is 0 Å². The van der Waals surface area contributed by atoms with Crippen molar-refractivity contribution in [2.24, 2.45) is 0 Å². The molecule has 5 heteroatoms. The van der Waals surface area contributed by atoms with Gasteiger partial charge in [-0.25, -0.2) is 9.97 Å². The Kier molecular flexibility index (Phi) is 4.43. The monoisotopic (exact) mass is 368 g/mol. The van der Waals surface area contributed by atoms with Gasteiger partial charge in [0.05, 0.1) is 12.2 Å². The third-order valence-corrected chi connectivity index (χ3v) is 5.03. The standard InChI is InChI=1S/C23H20N4O/c1-2-5-17(6-3-1)22-9-8-20(28-22)16-27-12-10-21-19(15-27)14-25-23(26-21)18-7-4-11-24-13-18/h1-9,11,13-14H,10,12,15-16H2. The smallest absolute Gasteiger partial charge is 0.160 e. The van der Waals surface area contributed by atoms with E-state index in [1.807, 2.05) is 42.6 Å². The lowest BCUT2D eigenvalue weighted by Gasteiger charge is -2.27. The lowest BCUT2D eigenvalue weighted by Crippen LogP contribution is -2.30. The average molecular weight is 368 g/mol. The summed E-state index contributed by atoms with van der Waals surface area (Å²) in [6, 6.07) is 18.2. The summed E-state index contributed by atoms with van der Waals surface area (Å²) in [5.41, 5.74) is 4.38. The summed E-state index contributed by atoms with van der Waals surface area (Å²) in [7, 11) is 0. The largest absolute Gasteiger partial charge is 0.460 e. The molecule has 28 heavy (non-hydrogen) atoms. The van der Waals surface area contributed by atoms with Gasteiger partial charge in [0.2, 0.25) is 0 Å². The maximum Gasteiger partial charge on any atom is 0.160 e. The fraction of sp³-hybridized carbons (Fsp3) is 0.174. The van der Waals surface area contributed by atoms with Crippen LogP contribution in [-0.2, 0) is 19.5 Å². The molecule has 0 radical (unpaired) electrons. The average Bonchev–Trinajstić information content (AvgIpc) is 3.23. The SMILES string of the molecule is c1ccc(-c2ccc(CN3CCc4nc(-c5cccnc5)ncc4C3)o2)cc1. The van der Waals surface area contributed by atoms with Gasteiger partial charge >= 0.3 is 0 Å². The van der Waals surface area contributed by atoms with Crippen molar-refractivity contribution >= 4 is 0 Å². The minimum Gasteiger partial charge on any atom is -0.460 e. The highest BCUT2D eigenvalue weighted by Crippen LogP contribution is 2.25. The predicted molar refractivity (Wildman–Crippen MR) is 107 cm³/mol. The third kappa shape index (κ3) is 3.44. The molecular weight excluding hydrogens is 348 g/mol. The first kappa shape index (κ1) is 16.8. The van der Waals surface area contributed by atoms with Gasteiger partial charge in [-0.2, -0.15) is 0 Å². The van der Waals surface area contributed by atoms with E-state index in [-0.39, 0.29) is 0 Å². The van der Waals surface area contributed by atoms with Crippen LogP contribution < -0.4 is 0 Å². The normalized spacial score (nSPS) is 14.0.